The SMILES string of the molecule is O=C(CCC(=O)c1cccs1)N[C@@H]1CCN(c2ccccc2)C1. The van der Waals surface area contributed by atoms with Gasteiger partial charge < -0.3 is 10.2 Å². The van der Waals surface area contributed by atoms with Crippen molar-refractivity contribution in [2.45, 2.75) is 25.3 Å². The zero-order valence-electron chi connectivity index (χ0n) is 12.9. The number of nitrogens with one attached hydrogen (secondary N) is 1. The van der Waals surface area contributed by atoms with Crippen LogP contribution in [0.4, 0.5) is 5.69 Å². The average Bonchev–Trinajstić information content (AvgIpc) is 3.25. The molecule has 5 heteroatoms. The molecule has 4 nitrogen and oxygen atoms in total. The summed E-state index contributed by atoms with van der Waals surface area (Å²) in [7, 11) is 0. The highest BCUT2D eigenvalue weighted by atomic mass is 32.1. The van der Waals surface area contributed by atoms with Crippen LogP contribution in [0.5, 0.6) is 0 Å². The molecule has 0 saturated carbocycles. The third-order valence-electron chi connectivity index (χ3n) is 4.05. The summed E-state index contributed by atoms with van der Waals surface area (Å²) in [6.45, 7) is 1.78. The second-order valence-corrected chi connectivity index (χ2v) is 6.68. The molecule has 0 spiro atoms. The van der Waals surface area contributed by atoms with E-state index < -0.39 is 0 Å². The van der Waals surface area contributed by atoms with Gasteiger partial charge in [-0.2, -0.15) is 0 Å². The second-order valence-electron chi connectivity index (χ2n) is 5.74. The first kappa shape index (κ1) is 15.7. The molecule has 1 fully saturated rings. The molecule has 3 rings (SSSR count). The molecule has 0 unspecified atom stereocenters. The number of nitrogens with zero attached hydrogens (tertiary/aromatic N) is 1. The minimum absolute atomic E-state index is 0.0326. The van der Waals surface area contributed by atoms with Crippen LogP contribution in [0.1, 0.15) is 28.9 Å². The van der Waals surface area contributed by atoms with Crippen LogP contribution >= 0.6 is 11.3 Å². The van der Waals surface area contributed by atoms with Gasteiger partial charge in [-0.05, 0) is 30.0 Å². The lowest BCUT2D eigenvalue weighted by Gasteiger charge is -2.18. The minimum atomic E-state index is -0.0326. The van der Waals surface area contributed by atoms with Crippen molar-refractivity contribution in [3.8, 4) is 0 Å². The van der Waals surface area contributed by atoms with Crippen LogP contribution < -0.4 is 10.2 Å². The van der Waals surface area contributed by atoms with Crippen LogP contribution in [-0.2, 0) is 4.79 Å². The summed E-state index contributed by atoms with van der Waals surface area (Å²) in [5.74, 6) is 0.0160. The average molecular weight is 328 g/mol. The van der Waals surface area contributed by atoms with Gasteiger partial charge in [0.2, 0.25) is 5.91 Å². The fraction of sp³-hybridized carbons (Fsp3) is 0.333. The van der Waals surface area contributed by atoms with E-state index in [1.165, 1.54) is 17.0 Å². The molecule has 1 aromatic carbocycles. The van der Waals surface area contributed by atoms with Crippen molar-refractivity contribution in [3.63, 3.8) is 0 Å². The van der Waals surface area contributed by atoms with Crippen molar-refractivity contribution in [3.05, 3.63) is 52.7 Å². The highest BCUT2D eigenvalue weighted by Crippen LogP contribution is 2.20. The predicted molar refractivity (Wildman–Crippen MR) is 93.1 cm³/mol. The summed E-state index contributed by atoms with van der Waals surface area (Å²) in [6.07, 6.45) is 1.49. The van der Waals surface area contributed by atoms with Crippen molar-refractivity contribution in [1.29, 1.82) is 0 Å². The highest BCUT2D eigenvalue weighted by molar-refractivity contribution is 7.12. The van der Waals surface area contributed by atoms with Gasteiger partial charge in [-0.25, -0.2) is 0 Å². The summed E-state index contributed by atoms with van der Waals surface area (Å²) in [5, 5.41) is 4.93. The molecule has 1 saturated heterocycles. The number of benzene rings is 1. The van der Waals surface area contributed by atoms with Crippen molar-refractivity contribution >= 4 is 28.7 Å². The van der Waals surface area contributed by atoms with Crippen molar-refractivity contribution in [2.75, 3.05) is 18.0 Å². The molecule has 1 N–H and O–H groups in total. The number of carbonyl (C=O) groups excluding carboxylic acids is 2. The Morgan fingerprint density at radius 2 is 1.96 bits per heavy atom. The number of para-hydroxylation sites is 1. The molecule has 2 heterocycles. The number of hydrogen-bond acceptors (Lipinski definition) is 4. The number of Topliss-reactive ketones (excluding diaryl/α,β-unsaturated/α-hetero) is 1. The van der Waals surface area contributed by atoms with Gasteiger partial charge in [0.1, 0.15) is 0 Å². The maximum Gasteiger partial charge on any atom is 0.220 e. The Kier molecular flexibility index (Phi) is 5.08. The van der Waals surface area contributed by atoms with Gasteiger partial charge in [-0.3, -0.25) is 9.59 Å². The zero-order chi connectivity index (χ0) is 16.1. The summed E-state index contributed by atoms with van der Waals surface area (Å²) in [5.41, 5.74) is 1.19. The topological polar surface area (TPSA) is 49.4 Å². The molecule has 120 valence electrons. The van der Waals surface area contributed by atoms with Crippen LogP contribution in [0, 0.1) is 0 Å². The minimum Gasteiger partial charge on any atom is -0.369 e. The van der Waals surface area contributed by atoms with Gasteiger partial charge >= 0.3 is 0 Å². The number of carbonyl (C=O) groups is 2. The Morgan fingerprint density at radius 1 is 1.13 bits per heavy atom. The highest BCUT2D eigenvalue weighted by Gasteiger charge is 2.24. The summed E-state index contributed by atoms with van der Waals surface area (Å²) in [4.78, 5) is 27.0. The van der Waals surface area contributed by atoms with Crippen LogP contribution in [0.3, 0.4) is 0 Å². The van der Waals surface area contributed by atoms with Gasteiger partial charge in [0.25, 0.3) is 0 Å². The molecular formula is C18H20N2O2S. The lowest BCUT2D eigenvalue weighted by molar-refractivity contribution is -0.121. The van der Waals surface area contributed by atoms with E-state index in [1.807, 2.05) is 29.6 Å². The first-order chi connectivity index (χ1) is 11.2. The maximum absolute atomic E-state index is 12.0. The number of anilines is 1. The number of amides is 1. The summed E-state index contributed by atoms with van der Waals surface area (Å²) >= 11 is 1.43. The second kappa shape index (κ2) is 7.42. The Bertz CT molecular complexity index is 655. The van der Waals surface area contributed by atoms with E-state index in [9.17, 15) is 9.59 Å². The molecule has 0 radical (unpaired) electrons. The Hall–Kier alpha value is -2.14. The first-order valence-corrected chi connectivity index (χ1v) is 8.76. The smallest absolute Gasteiger partial charge is 0.220 e. The van der Waals surface area contributed by atoms with Crippen molar-refractivity contribution in [2.24, 2.45) is 0 Å². The molecule has 1 atom stereocenters. The number of thiophene rings is 1. The van der Waals surface area contributed by atoms with E-state index >= 15 is 0 Å². The molecule has 1 aromatic heterocycles. The van der Waals surface area contributed by atoms with Crippen LogP contribution in [0.2, 0.25) is 0 Å². The predicted octanol–water partition coefficient (Wildman–Crippen LogP) is 3.11. The number of rotatable bonds is 6. The fourth-order valence-electron chi connectivity index (χ4n) is 2.84. The van der Waals surface area contributed by atoms with Crippen molar-refractivity contribution < 1.29 is 9.59 Å². The maximum atomic E-state index is 12.0. The third-order valence-corrected chi connectivity index (χ3v) is 4.96. The normalized spacial score (nSPS) is 17.2. The standard InChI is InChI=1S/C18H20N2O2S/c21-16(17-7-4-12-23-17)8-9-18(22)19-14-10-11-20(13-14)15-5-2-1-3-6-15/h1-7,12,14H,8-11,13H2,(H,19,22)/t14-/m1/s1. The van der Waals surface area contributed by atoms with Gasteiger partial charge in [-0.1, -0.05) is 24.3 Å². The van der Waals surface area contributed by atoms with Gasteiger partial charge in [0.15, 0.2) is 5.78 Å². The van der Waals surface area contributed by atoms with Crippen LogP contribution in [-0.4, -0.2) is 30.8 Å². The van der Waals surface area contributed by atoms with E-state index in [0.29, 0.717) is 0 Å². The Balaban J connectivity index is 1.43. The van der Waals surface area contributed by atoms with Crippen molar-refractivity contribution in [1.82, 2.24) is 5.32 Å². The zero-order valence-corrected chi connectivity index (χ0v) is 13.7. The summed E-state index contributed by atoms with van der Waals surface area (Å²) in [6, 6.07) is 14.1. The monoisotopic (exact) mass is 328 g/mol. The quantitative estimate of drug-likeness (QED) is 0.829. The molecule has 0 bridgehead atoms. The largest absolute Gasteiger partial charge is 0.369 e. The van der Waals surface area contributed by atoms with Gasteiger partial charge in [0, 0.05) is 37.7 Å². The lowest BCUT2D eigenvalue weighted by Crippen LogP contribution is -2.37. The van der Waals surface area contributed by atoms with Gasteiger partial charge in [0.05, 0.1) is 4.88 Å². The number of ketones is 1. The first-order valence-electron chi connectivity index (χ1n) is 7.88. The van der Waals surface area contributed by atoms with E-state index in [1.54, 1.807) is 6.07 Å². The van der Waals surface area contributed by atoms with E-state index in [0.717, 1.165) is 24.4 Å². The molecule has 2 aromatic rings. The van der Waals surface area contributed by atoms with Crippen LogP contribution in [0.25, 0.3) is 0 Å². The fourth-order valence-corrected chi connectivity index (χ4v) is 3.53. The van der Waals surface area contributed by atoms with Gasteiger partial charge in [-0.15, -0.1) is 11.3 Å². The Labute approximate surface area is 140 Å². The molecule has 1 aliphatic rings. The number of hydrogen-bond donors (Lipinski definition) is 1. The summed E-state index contributed by atoms with van der Waals surface area (Å²) < 4.78 is 0. The lowest BCUT2D eigenvalue weighted by atomic mass is 10.1. The molecule has 0 aliphatic carbocycles. The molecule has 1 amide bonds. The Morgan fingerprint density at radius 3 is 2.70 bits per heavy atom. The van der Waals surface area contributed by atoms with Crippen LogP contribution in [0.15, 0.2) is 47.8 Å². The third kappa shape index (κ3) is 4.20. The van der Waals surface area contributed by atoms with E-state index in [2.05, 4.69) is 22.3 Å². The molecular weight excluding hydrogens is 308 g/mol. The molecule has 1 aliphatic heterocycles. The molecule has 23 heavy (non-hydrogen) atoms. The van der Waals surface area contributed by atoms with E-state index in [-0.39, 0.29) is 30.6 Å². The van der Waals surface area contributed by atoms with E-state index in [4.69, 9.17) is 0 Å².